The molecule has 5 heteroatoms. The third-order valence-electron chi connectivity index (χ3n) is 2.51. The number of benzene rings is 1. The van der Waals surface area contributed by atoms with E-state index in [-0.39, 0.29) is 11.6 Å². The van der Waals surface area contributed by atoms with Crippen LogP contribution in [-0.2, 0) is 12.8 Å². The molecular formula is C13H11FN2O2. The van der Waals surface area contributed by atoms with Gasteiger partial charge in [-0.1, -0.05) is 18.2 Å². The average molecular weight is 246 g/mol. The van der Waals surface area contributed by atoms with Gasteiger partial charge in [0.05, 0.1) is 0 Å². The first-order valence-corrected chi connectivity index (χ1v) is 5.45. The van der Waals surface area contributed by atoms with Crippen molar-refractivity contribution < 1.29 is 14.3 Å². The largest absolute Gasteiger partial charge is 0.475 e. The number of rotatable bonds is 4. The van der Waals surface area contributed by atoms with Crippen LogP contribution in [0.25, 0.3) is 0 Å². The van der Waals surface area contributed by atoms with E-state index < -0.39 is 5.97 Å². The smallest absolute Gasteiger partial charge is 0.373 e. The van der Waals surface area contributed by atoms with Crippen LogP contribution in [-0.4, -0.2) is 21.0 Å². The molecule has 1 N–H and O–H groups in total. The Morgan fingerprint density at radius 2 is 2.00 bits per heavy atom. The number of aryl methyl sites for hydroxylation is 2. The van der Waals surface area contributed by atoms with Gasteiger partial charge in [0.25, 0.3) is 0 Å². The Bertz CT molecular complexity index is 572. The number of nitrogens with zero attached hydrogens (tertiary/aromatic N) is 2. The molecule has 0 spiro atoms. The number of aromatic carboxylic acids is 1. The minimum Gasteiger partial charge on any atom is -0.475 e. The van der Waals surface area contributed by atoms with Gasteiger partial charge in [0.2, 0.25) is 5.82 Å². The highest BCUT2D eigenvalue weighted by molar-refractivity contribution is 5.82. The van der Waals surface area contributed by atoms with E-state index in [0.29, 0.717) is 24.1 Å². The van der Waals surface area contributed by atoms with Gasteiger partial charge in [-0.05, 0) is 30.5 Å². The Labute approximate surface area is 103 Å². The molecule has 0 bridgehead atoms. The quantitative estimate of drug-likeness (QED) is 0.897. The van der Waals surface area contributed by atoms with E-state index in [0.717, 1.165) is 0 Å². The number of hydrogen-bond donors (Lipinski definition) is 1. The van der Waals surface area contributed by atoms with Crippen LogP contribution in [0.4, 0.5) is 4.39 Å². The summed E-state index contributed by atoms with van der Waals surface area (Å²) in [5.41, 5.74) is 1.18. The van der Waals surface area contributed by atoms with Crippen molar-refractivity contribution in [2.75, 3.05) is 0 Å². The highest BCUT2D eigenvalue weighted by Crippen LogP contribution is 2.09. The number of carboxylic acid groups (broad SMARTS) is 1. The van der Waals surface area contributed by atoms with Gasteiger partial charge in [-0.3, -0.25) is 0 Å². The molecule has 0 unspecified atom stereocenters. The lowest BCUT2D eigenvalue weighted by atomic mass is 10.1. The zero-order valence-electron chi connectivity index (χ0n) is 9.51. The molecule has 0 saturated carbocycles. The SMILES string of the molecule is O=C(O)c1nccc(CCc2ccccc2F)n1. The van der Waals surface area contributed by atoms with Gasteiger partial charge in [0, 0.05) is 11.9 Å². The molecule has 92 valence electrons. The Hall–Kier alpha value is -2.30. The fourth-order valence-electron chi connectivity index (χ4n) is 1.60. The molecule has 0 fully saturated rings. The summed E-state index contributed by atoms with van der Waals surface area (Å²) in [4.78, 5) is 18.2. The Morgan fingerprint density at radius 3 is 2.72 bits per heavy atom. The second-order valence-corrected chi connectivity index (χ2v) is 3.77. The van der Waals surface area contributed by atoms with E-state index in [2.05, 4.69) is 9.97 Å². The zero-order valence-corrected chi connectivity index (χ0v) is 9.51. The number of carboxylic acids is 1. The summed E-state index contributed by atoms with van der Waals surface area (Å²) in [6.45, 7) is 0. The Kier molecular flexibility index (Phi) is 3.62. The van der Waals surface area contributed by atoms with Crippen LogP contribution < -0.4 is 0 Å². The van der Waals surface area contributed by atoms with Crippen LogP contribution >= 0.6 is 0 Å². The third kappa shape index (κ3) is 2.88. The first-order chi connectivity index (χ1) is 8.66. The maximum atomic E-state index is 13.4. The molecule has 4 nitrogen and oxygen atoms in total. The fraction of sp³-hybridized carbons (Fsp3) is 0.154. The third-order valence-corrected chi connectivity index (χ3v) is 2.51. The van der Waals surface area contributed by atoms with Crippen molar-refractivity contribution >= 4 is 5.97 Å². The molecule has 1 aromatic carbocycles. The molecule has 1 aromatic heterocycles. The van der Waals surface area contributed by atoms with E-state index >= 15 is 0 Å². The molecule has 0 amide bonds. The molecular weight excluding hydrogens is 235 g/mol. The predicted molar refractivity (Wildman–Crippen MR) is 62.8 cm³/mol. The normalized spacial score (nSPS) is 10.3. The summed E-state index contributed by atoms with van der Waals surface area (Å²) in [6, 6.07) is 8.13. The van der Waals surface area contributed by atoms with Crippen molar-refractivity contribution in [2.45, 2.75) is 12.8 Å². The van der Waals surface area contributed by atoms with Crippen molar-refractivity contribution in [3.63, 3.8) is 0 Å². The Balaban J connectivity index is 2.09. The van der Waals surface area contributed by atoms with E-state index in [1.54, 1.807) is 24.3 Å². The highest BCUT2D eigenvalue weighted by Gasteiger charge is 2.08. The predicted octanol–water partition coefficient (Wildman–Crippen LogP) is 2.10. The molecule has 0 aliphatic carbocycles. The van der Waals surface area contributed by atoms with E-state index in [9.17, 15) is 9.18 Å². The van der Waals surface area contributed by atoms with Crippen molar-refractivity contribution in [3.05, 3.63) is 59.4 Å². The zero-order chi connectivity index (χ0) is 13.0. The number of carbonyl (C=O) groups is 1. The molecule has 2 aromatic rings. The van der Waals surface area contributed by atoms with Crippen LogP contribution in [0.1, 0.15) is 21.9 Å². The first kappa shape index (κ1) is 12.2. The van der Waals surface area contributed by atoms with Crippen molar-refractivity contribution in [1.29, 1.82) is 0 Å². The standard InChI is InChI=1S/C13H11FN2O2/c14-11-4-2-1-3-9(11)5-6-10-7-8-15-12(16-10)13(17)18/h1-4,7-8H,5-6H2,(H,17,18). The summed E-state index contributed by atoms with van der Waals surface area (Å²) >= 11 is 0. The van der Waals surface area contributed by atoms with Crippen LogP contribution in [0.15, 0.2) is 36.5 Å². The van der Waals surface area contributed by atoms with Crippen molar-refractivity contribution in [3.8, 4) is 0 Å². The van der Waals surface area contributed by atoms with Gasteiger partial charge in [0.1, 0.15) is 5.82 Å². The van der Waals surface area contributed by atoms with E-state index in [1.807, 2.05) is 0 Å². The van der Waals surface area contributed by atoms with Crippen LogP contribution in [0.3, 0.4) is 0 Å². The molecule has 1 heterocycles. The minimum absolute atomic E-state index is 0.235. The van der Waals surface area contributed by atoms with Crippen molar-refractivity contribution in [2.24, 2.45) is 0 Å². The average Bonchev–Trinajstić information content (AvgIpc) is 2.38. The van der Waals surface area contributed by atoms with Crippen LogP contribution in [0, 0.1) is 5.82 Å². The summed E-state index contributed by atoms with van der Waals surface area (Å²) in [6.07, 6.45) is 2.35. The highest BCUT2D eigenvalue weighted by atomic mass is 19.1. The fourth-order valence-corrected chi connectivity index (χ4v) is 1.60. The number of aromatic nitrogens is 2. The van der Waals surface area contributed by atoms with Gasteiger partial charge in [-0.15, -0.1) is 0 Å². The number of halogens is 1. The maximum absolute atomic E-state index is 13.4. The lowest BCUT2D eigenvalue weighted by Crippen LogP contribution is -2.06. The minimum atomic E-state index is -1.16. The lowest BCUT2D eigenvalue weighted by Gasteiger charge is -2.03. The molecule has 0 atom stereocenters. The van der Waals surface area contributed by atoms with Crippen LogP contribution in [0.5, 0.6) is 0 Å². The van der Waals surface area contributed by atoms with E-state index in [4.69, 9.17) is 5.11 Å². The summed E-state index contributed by atoms with van der Waals surface area (Å²) in [5.74, 6) is -1.66. The molecule has 0 aliphatic rings. The second-order valence-electron chi connectivity index (χ2n) is 3.77. The molecule has 0 radical (unpaired) electrons. The monoisotopic (exact) mass is 246 g/mol. The molecule has 0 saturated heterocycles. The second kappa shape index (κ2) is 5.35. The first-order valence-electron chi connectivity index (χ1n) is 5.45. The molecule has 0 aliphatic heterocycles. The van der Waals surface area contributed by atoms with Gasteiger partial charge in [-0.2, -0.15) is 0 Å². The lowest BCUT2D eigenvalue weighted by molar-refractivity contribution is 0.0683. The molecule has 2 rings (SSSR count). The summed E-state index contributed by atoms with van der Waals surface area (Å²) in [5, 5.41) is 8.75. The van der Waals surface area contributed by atoms with Gasteiger partial charge < -0.3 is 5.11 Å². The van der Waals surface area contributed by atoms with Gasteiger partial charge in [-0.25, -0.2) is 19.2 Å². The Morgan fingerprint density at radius 1 is 1.22 bits per heavy atom. The van der Waals surface area contributed by atoms with Crippen molar-refractivity contribution in [1.82, 2.24) is 9.97 Å². The van der Waals surface area contributed by atoms with Gasteiger partial charge in [0.15, 0.2) is 0 Å². The number of hydrogen-bond acceptors (Lipinski definition) is 3. The maximum Gasteiger partial charge on any atom is 0.373 e. The molecule has 18 heavy (non-hydrogen) atoms. The van der Waals surface area contributed by atoms with Gasteiger partial charge >= 0.3 is 5.97 Å². The summed E-state index contributed by atoms with van der Waals surface area (Å²) < 4.78 is 13.4. The summed E-state index contributed by atoms with van der Waals surface area (Å²) in [7, 11) is 0. The topological polar surface area (TPSA) is 63.1 Å². The van der Waals surface area contributed by atoms with Crippen LogP contribution in [0.2, 0.25) is 0 Å². The van der Waals surface area contributed by atoms with E-state index in [1.165, 1.54) is 12.3 Å².